The molecule has 0 bridgehead atoms. The maximum atomic E-state index is 12.6. The molecule has 0 aliphatic heterocycles. The van der Waals surface area contributed by atoms with Crippen molar-refractivity contribution in [1.29, 1.82) is 0 Å². The maximum Gasteiger partial charge on any atom is 0.261 e. The molecule has 1 N–H and O–H groups in total. The maximum absolute atomic E-state index is 12.6. The first-order valence-electron chi connectivity index (χ1n) is 8.67. The van der Waals surface area contributed by atoms with Gasteiger partial charge in [0.05, 0.1) is 10.9 Å². The molecule has 6 heteroatoms. The SMILES string of the molecule is CC[C@H](Oc1ccccc1)C(=O)N[C@@H](CC)c1ccc(S(C)(=O)=O)cc1. The van der Waals surface area contributed by atoms with Crippen LogP contribution in [0, 0.1) is 0 Å². The van der Waals surface area contributed by atoms with Gasteiger partial charge >= 0.3 is 0 Å². The highest BCUT2D eigenvalue weighted by Crippen LogP contribution is 2.20. The van der Waals surface area contributed by atoms with E-state index in [9.17, 15) is 13.2 Å². The number of hydrogen-bond donors (Lipinski definition) is 1. The van der Waals surface area contributed by atoms with Gasteiger partial charge in [0.1, 0.15) is 5.75 Å². The Kier molecular flexibility index (Phi) is 6.80. The van der Waals surface area contributed by atoms with Crippen molar-refractivity contribution < 1.29 is 17.9 Å². The normalized spacial score (nSPS) is 13.7. The van der Waals surface area contributed by atoms with Gasteiger partial charge in [0, 0.05) is 6.26 Å². The molecular formula is C20H25NO4S. The summed E-state index contributed by atoms with van der Waals surface area (Å²) in [5.41, 5.74) is 0.864. The van der Waals surface area contributed by atoms with Crippen LogP contribution in [-0.4, -0.2) is 26.7 Å². The summed E-state index contributed by atoms with van der Waals surface area (Å²) in [5, 5.41) is 3.00. The third-order valence-electron chi connectivity index (χ3n) is 4.12. The highest BCUT2D eigenvalue weighted by Gasteiger charge is 2.22. The molecular weight excluding hydrogens is 350 g/mol. The second-order valence-corrected chi connectivity index (χ2v) is 8.15. The minimum absolute atomic E-state index is 0.185. The molecule has 2 aromatic rings. The van der Waals surface area contributed by atoms with Crippen molar-refractivity contribution >= 4 is 15.7 Å². The third kappa shape index (κ3) is 5.33. The van der Waals surface area contributed by atoms with Crippen LogP contribution in [0.3, 0.4) is 0 Å². The Hall–Kier alpha value is -2.34. The van der Waals surface area contributed by atoms with Crippen LogP contribution in [0.5, 0.6) is 5.75 Å². The first-order valence-corrected chi connectivity index (χ1v) is 10.6. The number of rotatable bonds is 8. The van der Waals surface area contributed by atoms with E-state index in [4.69, 9.17) is 4.74 Å². The summed E-state index contributed by atoms with van der Waals surface area (Å²) in [6, 6.07) is 15.7. The van der Waals surface area contributed by atoms with Gasteiger partial charge in [-0.15, -0.1) is 0 Å². The van der Waals surface area contributed by atoms with Gasteiger partial charge < -0.3 is 10.1 Å². The van der Waals surface area contributed by atoms with Crippen LogP contribution in [0.4, 0.5) is 0 Å². The van der Waals surface area contributed by atoms with Crippen LogP contribution in [0.15, 0.2) is 59.5 Å². The fourth-order valence-electron chi connectivity index (χ4n) is 2.62. The van der Waals surface area contributed by atoms with Gasteiger partial charge in [0.25, 0.3) is 5.91 Å². The van der Waals surface area contributed by atoms with E-state index < -0.39 is 15.9 Å². The summed E-state index contributed by atoms with van der Waals surface area (Å²) < 4.78 is 28.9. The van der Waals surface area contributed by atoms with Crippen LogP contribution in [0.1, 0.15) is 38.3 Å². The largest absolute Gasteiger partial charge is 0.481 e. The van der Waals surface area contributed by atoms with Gasteiger partial charge in [0.2, 0.25) is 0 Å². The van der Waals surface area contributed by atoms with Crippen molar-refractivity contribution in [2.75, 3.05) is 6.26 Å². The number of sulfone groups is 1. The highest BCUT2D eigenvalue weighted by atomic mass is 32.2. The minimum atomic E-state index is -3.23. The first kappa shape index (κ1) is 20.0. The number of benzene rings is 2. The molecule has 0 aromatic heterocycles. The van der Waals surface area contributed by atoms with Gasteiger partial charge in [-0.05, 0) is 42.7 Å². The molecule has 2 rings (SSSR count). The number of ether oxygens (including phenoxy) is 1. The lowest BCUT2D eigenvalue weighted by Gasteiger charge is -2.22. The Morgan fingerprint density at radius 3 is 2.12 bits per heavy atom. The highest BCUT2D eigenvalue weighted by molar-refractivity contribution is 7.90. The second kappa shape index (κ2) is 8.85. The lowest BCUT2D eigenvalue weighted by molar-refractivity contribution is -0.128. The zero-order valence-electron chi connectivity index (χ0n) is 15.3. The molecule has 0 saturated heterocycles. The molecule has 0 aliphatic rings. The van der Waals surface area contributed by atoms with Crippen molar-refractivity contribution in [3.8, 4) is 5.75 Å². The van der Waals surface area contributed by atoms with E-state index in [0.717, 1.165) is 5.56 Å². The smallest absolute Gasteiger partial charge is 0.261 e. The lowest BCUT2D eigenvalue weighted by Crippen LogP contribution is -2.39. The number of nitrogens with one attached hydrogen (secondary N) is 1. The number of carbonyl (C=O) groups excluding carboxylic acids is 1. The molecule has 0 aliphatic carbocycles. The standard InChI is InChI=1S/C20H25NO4S/c1-4-18(15-11-13-17(14-12-15)26(3,23)24)21-20(22)19(5-2)25-16-9-7-6-8-10-16/h6-14,18-19H,4-5H2,1-3H3,(H,21,22)/t18-,19-/m0/s1. The molecule has 0 heterocycles. The van der Waals surface area contributed by atoms with Crippen LogP contribution in [0.2, 0.25) is 0 Å². The lowest BCUT2D eigenvalue weighted by atomic mass is 10.0. The van der Waals surface area contributed by atoms with Crippen LogP contribution in [0.25, 0.3) is 0 Å². The van der Waals surface area contributed by atoms with Crippen LogP contribution < -0.4 is 10.1 Å². The molecule has 0 spiro atoms. The Labute approximate surface area is 155 Å². The predicted molar refractivity (Wildman–Crippen MR) is 102 cm³/mol. The molecule has 0 fully saturated rings. The Balaban J connectivity index is 2.09. The molecule has 0 saturated carbocycles. The summed E-state index contributed by atoms with van der Waals surface area (Å²) in [5.74, 6) is 0.468. The number of hydrogen-bond acceptors (Lipinski definition) is 4. The van der Waals surface area contributed by atoms with E-state index in [0.29, 0.717) is 18.6 Å². The van der Waals surface area contributed by atoms with Gasteiger partial charge in [-0.2, -0.15) is 0 Å². The van der Waals surface area contributed by atoms with E-state index >= 15 is 0 Å². The fraction of sp³-hybridized carbons (Fsp3) is 0.350. The van der Waals surface area contributed by atoms with Gasteiger partial charge in [0.15, 0.2) is 15.9 Å². The van der Waals surface area contributed by atoms with E-state index in [-0.39, 0.29) is 16.8 Å². The average Bonchev–Trinajstić information content (AvgIpc) is 2.64. The zero-order chi connectivity index (χ0) is 19.2. The van der Waals surface area contributed by atoms with Gasteiger partial charge in [-0.25, -0.2) is 8.42 Å². The Morgan fingerprint density at radius 2 is 1.62 bits per heavy atom. The fourth-order valence-corrected chi connectivity index (χ4v) is 3.25. The summed E-state index contributed by atoms with van der Waals surface area (Å²) in [4.78, 5) is 12.9. The van der Waals surface area contributed by atoms with Crippen molar-refractivity contribution in [2.45, 2.75) is 43.7 Å². The number of carbonyl (C=O) groups is 1. The van der Waals surface area contributed by atoms with Crippen LogP contribution in [-0.2, 0) is 14.6 Å². The Bertz CT molecular complexity index is 817. The number of amides is 1. The summed E-state index contributed by atoms with van der Waals surface area (Å²) in [6.07, 6.45) is 1.82. The molecule has 2 aromatic carbocycles. The van der Waals surface area contributed by atoms with Crippen molar-refractivity contribution in [2.24, 2.45) is 0 Å². The van der Waals surface area contributed by atoms with Crippen molar-refractivity contribution in [3.05, 3.63) is 60.2 Å². The molecule has 1 amide bonds. The Morgan fingerprint density at radius 1 is 1.00 bits per heavy atom. The van der Waals surface area contributed by atoms with Gasteiger partial charge in [-0.1, -0.05) is 44.2 Å². The summed E-state index contributed by atoms with van der Waals surface area (Å²) >= 11 is 0. The molecule has 26 heavy (non-hydrogen) atoms. The second-order valence-electron chi connectivity index (χ2n) is 6.14. The number of para-hydroxylation sites is 1. The molecule has 0 radical (unpaired) electrons. The van der Waals surface area contributed by atoms with E-state index in [1.165, 1.54) is 6.26 Å². The quantitative estimate of drug-likeness (QED) is 0.766. The first-order chi connectivity index (χ1) is 12.3. The van der Waals surface area contributed by atoms with Gasteiger partial charge in [-0.3, -0.25) is 4.79 Å². The molecule has 5 nitrogen and oxygen atoms in total. The summed E-state index contributed by atoms with van der Waals surface area (Å²) in [6.45, 7) is 3.86. The van der Waals surface area contributed by atoms with E-state index in [2.05, 4.69) is 5.32 Å². The third-order valence-corrected chi connectivity index (χ3v) is 5.25. The topological polar surface area (TPSA) is 72.5 Å². The molecule has 2 atom stereocenters. The van der Waals surface area contributed by atoms with Crippen molar-refractivity contribution in [3.63, 3.8) is 0 Å². The minimum Gasteiger partial charge on any atom is -0.481 e. The predicted octanol–water partition coefficient (Wildman–Crippen LogP) is 3.52. The summed E-state index contributed by atoms with van der Waals surface area (Å²) in [7, 11) is -3.23. The molecule has 0 unspecified atom stereocenters. The van der Waals surface area contributed by atoms with E-state index in [1.54, 1.807) is 24.3 Å². The average molecular weight is 375 g/mol. The van der Waals surface area contributed by atoms with Crippen molar-refractivity contribution in [1.82, 2.24) is 5.32 Å². The molecule has 140 valence electrons. The van der Waals surface area contributed by atoms with Crippen LogP contribution >= 0.6 is 0 Å². The zero-order valence-corrected chi connectivity index (χ0v) is 16.1. The monoisotopic (exact) mass is 375 g/mol. The van der Waals surface area contributed by atoms with E-state index in [1.807, 2.05) is 44.2 Å².